The van der Waals surface area contributed by atoms with Crippen LogP contribution in [0.3, 0.4) is 0 Å². The number of esters is 1. The van der Waals surface area contributed by atoms with Gasteiger partial charge in [0.05, 0.1) is 18.8 Å². The molecule has 3 rings (SSSR count). The molecule has 0 aromatic rings. The molecule has 6 nitrogen and oxygen atoms in total. The van der Waals surface area contributed by atoms with Gasteiger partial charge in [0.25, 0.3) is 0 Å². The third kappa shape index (κ3) is 2.79. The summed E-state index contributed by atoms with van der Waals surface area (Å²) in [5.74, 6) is -0.852. The highest BCUT2D eigenvalue weighted by molar-refractivity contribution is 5.92. The molecule has 6 atom stereocenters. The zero-order valence-electron chi connectivity index (χ0n) is 15.6. The van der Waals surface area contributed by atoms with Crippen molar-refractivity contribution in [3.05, 3.63) is 23.5 Å². The van der Waals surface area contributed by atoms with Crippen LogP contribution in [-0.4, -0.2) is 51.8 Å². The van der Waals surface area contributed by atoms with Crippen LogP contribution in [0.5, 0.6) is 0 Å². The van der Waals surface area contributed by atoms with E-state index in [1.54, 1.807) is 0 Å². The summed E-state index contributed by atoms with van der Waals surface area (Å²) in [6.07, 6.45) is 1.55. The maximum Gasteiger partial charge on any atom is 0.340 e. The Morgan fingerprint density at radius 1 is 1.35 bits per heavy atom. The average molecular weight is 366 g/mol. The van der Waals surface area contributed by atoms with Gasteiger partial charge in [0.1, 0.15) is 17.9 Å². The summed E-state index contributed by atoms with van der Waals surface area (Å²) in [4.78, 5) is 11.8. The van der Waals surface area contributed by atoms with Crippen LogP contribution < -0.4 is 0 Å². The largest absolute Gasteiger partial charge is 0.508 e. The second-order valence-electron chi connectivity index (χ2n) is 8.71. The summed E-state index contributed by atoms with van der Waals surface area (Å²) < 4.78 is 4.80. The number of rotatable bonds is 4. The van der Waals surface area contributed by atoms with Crippen molar-refractivity contribution >= 4 is 5.97 Å². The summed E-state index contributed by atoms with van der Waals surface area (Å²) >= 11 is 0. The Balaban J connectivity index is 1.90. The van der Waals surface area contributed by atoms with Gasteiger partial charge in [0, 0.05) is 5.41 Å². The van der Waals surface area contributed by atoms with Crippen LogP contribution in [0.1, 0.15) is 46.0 Å². The molecule has 6 heteroatoms. The van der Waals surface area contributed by atoms with E-state index in [0.29, 0.717) is 6.42 Å². The van der Waals surface area contributed by atoms with Crippen LogP contribution in [0.25, 0.3) is 0 Å². The van der Waals surface area contributed by atoms with Crippen LogP contribution in [0.15, 0.2) is 23.5 Å². The first-order valence-corrected chi connectivity index (χ1v) is 9.39. The molecule has 2 saturated carbocycles. The van der Waals surface area contributed by atoms with Gasteiger partial charge in [0.15, 0.2) is 0 Å². The minimum atomic E-state index is -1.12. The lowest BCUT2D eigenvalue weighted by Gasteiger charge is -2.60. The van der Waals surface area contributed by atoms with Gasteiger partial charge in [-0.25, -0.2) is 4.79 Å². The molecule has 0 aromatic carbocycles. The van der Waals surface area contributed by atoms with Gasteiger partial charge in [-0.15, -0.1) is 0 Å². The Hall–Kier alpha value is -1.37. The number of aliphatic hydroxyl groups excluding tert-OH is 4. The van der Waals surface area contributed by atoms with Crippen molar-refractivity contribution in [1.82, 2.24) is 0 Å². The lowest BCUT2D eigenvalue weighted by atomic mass is 9.46. The summed E-state index contributed by atoms with van der Waals surface area (Å²) in [6, 6.07) is 0. The zero-order chi connectivity index (χ0) is 19.3. The zero-order valence-corrected chi connectivity index (χ0v) is 15.6. The second kappa shape index (κ2) is 6.66. The molecular formula is C20H30O6. The van der Waals surface area contributed by atoms with Crippen molar-refractivity contribution in [3.8, 4) is 0 Å². The Labute approximate surface area is 154 Å². The smallest absolute Gasteiger partial charge is 0.340 e. The highest BCUT2D eigenvalue weighted by Gasteiger charge is 2.58. The fourth-order valence-corrected chi connectivity index (χ4v) is 5.71. The molecule has 0 amide bonds. The number of hydrogen-bond acceptors (Lipinski definition) is 6. The molecule has 0 bridgehead atoms. The van der Waals surface area contributed by atoms with Crippen molar-refractivity contribution in [2.24, 2.45) is 22.7 Å². The highest BCUT2D eigenvalue weighted by Crippen LogP contribution is 2.61. The molecule has 0 spiro atoms. The standard InChI is InChI=1S/C20H30O6/c1-11-4-5-15-19(2,7-6-16(24)20(15,3)10-21)12(11)8-13(22)17-14(23)9-26-18(17)25/h12-13,15-16,21-24H,1,4-10H2,2-3H3/t12-,13?,15+,16-,19+,20+/m1/s1. The molecule has 0 saturated heterocycles. The van der Waals surface area contributed by atoms with Crippen LogP contribution >= 0.6 is 0 Å². The van der Waals surface area contributed by atoms with Crippen molar-refractivity contribution in [3.63, 3.8) is 0 Å². The predicted molar refractivity (Wildman–Crippen MR) is 95.1 cm³/mol. The maximum absolute atomic E-state index is 11.8. The SMILES string of the molecule is C=C1CC[C@@H]2[C@](C)(CO)[C@H](O)CC[C@@]2(C)[C@@H]1CC(O)C1=C(O)COC1=O. The first kappa shape index (κ1) is 19.4. The van der Waals surface area contributed by atoms with Crippen molar-refractivity contribution in [1.29, 1.82) is 0 Å². The van der Waals surface area contributed by atoms with E-state index in [0.717, 1.165) is 24.8 Å². The van der Waals surface area contributed by atoms with E-state index in [1.165, 1.54) is 0 Å². The van der Waals surface area contributed by atoms with Crippen LogP contribution in [0.4, 0.5) is 0 Å². The van der Waals surface area contributed by atoms with E-state index in [9.17, 15) is 25.2 Å². The fourth-order valence-electron chi connectivity index (χ4n) is 5.71. The minimum absolute atomic E-state index is 0.0516. The summed E-state index contributed by atoms with van der Waals surface area (Å²) in [5, 5.41) is 41.0. The molecule has 26 heavy (non-hydrogen) atoms. The predicted octanol–water partition coefficient (Wildman–Crippen LogP) is 1.85. The van der Waals surface area contributed by atoms with E-state index < -0.39 is 23.6 Å². The third-order valence-corrected chi connectivity index (χ3v) is 7.36. The van der Waals surface area contributed by atoms with Crippen LogP contribution in [0.2, 0.25) is 0 Å². The van der Waals surface area contributed by atoms with E-state index >= 15 is 0 Å². The Morgan fingerprint density at radius 2 is 2.04 bits per heavy atom. The van der Waals surface area contributed by atoms with E-state index in [4.69, 9.17) is 4.74 Å². The Kier molecular flexibility index (Phi) is 4.97. The van der Waals surface area contributed by atoms with E-state index in [2.05, 4.69) is 13.5 Å². The molecule has 1 heterocycles. The summed E-state index contributed by atoms with van der Waals surface area (Å²) in [6.45, 7) is 8.01. The first-order chi connectivity index (χ1) is 12.1. The Bertz CT molecular complexity index is 640. The number of cyclic esters (lactones) is 1. The quantitative estimate of drug-likeness (QED) is 0.447. The number of carbonyl (C=O) groups is 1. The number of fused-ring (bicyclic) bond motifs is 1. The maximum atomic E-state index is 11.8. The van der Waals surface area contributed by atoms with Crippen LogP contribution in [0, 0.1) is 22.7 Å². The van der Waals surface area contributed by atoms with Crippen molar-refractivity contribution in [2.45, 2.75) is 58.2 Å². The molecule has 4 N–H and O–H groups in total. The van der Waals surface area contributed by atoms with Crippen molar-refractivity contribution < 1.29 is 30.0 Å². The minimum Gasteiger partial charge on any atom is -0.508 e. The molecule has 0 radical (unpaired) electrons. The number of hydrogen-bond donors (Lipinski definition) is 4. The lowest BCUT2D eigenvalue weighted by Crippen LogP contribution is -2.57. The monoisotopic (exact) mass is 366 g/mol. The van der Waals surface area contributed by atoms with E-state index in [1.807, 2.05) is 6.92 Å². The molecule has 2 aliphatic carbocycles. The van der Waals surface area contributed by atoms with E-state index in [-0.39, 0.29) is 48.2 Å². The van der Waals surface area contributed by atoms with Gasteiger partial charge in [0.2, 0.25) is 0 Å². The number of carbonyl (C=O) groups excluding carboxylic acids is 1. The van der Waals surface area contributed by atoms with Gasteiger partial charge >= 0.3 is 5.97 Å². The van der Waals surface area contributed by atoms with Gasteiger partial charge in [-0.05, 0) is 49.4 Å². The van der Waals surface area contributed by atoms with Gasteiger partial charge in [-0.2, -0.15) is 0 Å². The van der Waals surface area contributed by atoms with Crippen LogP contribution in [-0.2, 0) is 9.53 Å². The second-order valence-corrected chi connectivity index (χ2v) is 8.71. The average Bonchev–Trinajstić information content (AvgIpc) is 2.93. The molecule has 2 fully saturated rings. The fraction of sp³-hybridized carbons (Fsp3) is 0.750. The number of aliphatic hydroxyl groups is 4. The van der Waals surface area contributed by atoms with Gasteiger partial charge in [-0.1, -0.05) is 26.0 Å². The van der Waals surface area contributed by atoms with Gasteiger partial charge < -0.3 is 25.2 Å². The lowest BCUT2D eigenvalue weighted by molar-refractivity contribution is -0.154. The summed E-state index contributed by atoms with van der Waals surface area (Å²) in [5.41, 5.74) is 0.131. The third-order valence-electron chi connectivity index (χ3n) is 7.36. The first-order valence-electron chi connectivity index (χ1n) is 9.39. The molecular weight excluding hydrogens is 336 g/mol. The topological polar surface area (TPSA) is 107 Å². The van der Waals surface area contributed by atoms with Gasteiger partial charge in [-0.3, -0.25) is 0 Å². The molecule has 146 valence electrons. The highest BCUT2D eigenvalue weighted by atomic mass is 16.5. The molecule has 0 aromatic heterocycles. The number of ether oxygens (including phenoxy) is 1. The summed E-state index contributed by atoms with van der Waals surface area (Å²) in [7, 11) is 0. The molecule has 1 aliphatic heterocycles. The molecule has 3 aliphatic rings. The normalized spacial score (nSPS) is 41.8. The number of allylic oxidation sites excluding steroid dienone is 1. The van der Waals surface area contributed by atoms with Crippen molar-refractivity contribution in [2.75, 3.05) is 13.2 Å². The molecule has 1 unspecified atom stereocenters. The Morgan fingerprint density at radius 3 is 2.62 bits per heavy atom.